The molecule has 4 heteroatoms. The first-order valence-corrected chi connectivity index (χ1v) is 4.36. The summed E-state index contributed by atoms with van der Waals surface area (Å²) in [5, 5.41) is 0.727. The van der Waals surface area contributed by atoms with E-state index in [-0.39, 0.29) is 0 Å². The molecule has 0 saturated carbocycles. The number of hydrogen-bond acceptors (Lipinski definition) is 2. The van der Waals surface area contributed by atoms with Crippen LogP contribution in [0.25, 0.3) is 11.0 Å². The molecule has 1 aromatic carbocycles. The van der Waals surface area contributed by atoms with Crippen LogP contribution in [0.5, 0.6) is 0 Å². The second-order valence-corrected chi connectivity index (χ2v) is 3.48. The Labute approximate surface area is 81.1 Å². The lowest BCUT2D eigenvalue weighted by Gasteiger charge is -1.99. The van der Waals surface area contributed by atoms with Crippen molar-refractivity contribution in [1.82, 2.24) is 9.55 Å². The third kappa shape index (κ3) is 1.08. The maximum Gasteiger partial charge on any atom is 0.200 e. The quantitative estimate of drug-likeness (QED) is 0.700. The monoisotopic (exact) mass is 195 g/mol. The number of aryl methyl sites for hydroxylation is 2. The van der Waals surface area contributed by atoms with Crippen molar-refractivity contribution < 1.29 is 0 Å². The summed E-state index contributed by atoms with van der Waals surface area (Å²) >= 11 is 5.96. The van der Waals surface area contributed by atoms with E-state index in [1.165, 1.54) is 0 Å². The molecule has 0 bridgehead atoms. The van der Waals surface area contributed by atoms with E-state index >= 15 is 0 Å². The van der Waals surface area contributed by atoms with Crippen LogP contribution in [-0.2, 0) is 7.05 Å². The van der Waals surface area contributed by atoms with Crippen molar-refractivity contribution in [3.05, 3.63) is 22.7 Å². The fourth-order valence-corrected chi connectivity index (χ4v) is 1.54. The molecule has 0 aliphatic heterocycles. The Morgan fingerprint density at radius 1 is 1.46 bits per heavy atom. The molecule has 68 valence electrons. The molecule has 0 fully saturated rings. The number of anilines is 1. The highest BCUT2D eigenvalue weighted by Crippen LogP contribution is 2.25. The second-order valence-electron chi connectivity index (χ2n) is 3.07. The number of nitrogens with two attached hydrogens (primary N) is 1. The van der Waals surface area contributed by atoms with Crippen LogP contribution in [-0.4, -0.2) is 9.55 Å². The highest BCUT2D eigenvalue weighted by molar-refractivity contribution is 6.32. The van der Waals surface area contributed by atoms with Crippen molar-refractivity contribution in [3.63, 3.8) is 0 Å². The molecule has 0 spiro atoms. The summed E-state index contributed by atoms with van der Waals surface area (Å²) in [6, 6.07) is 3.79. The van der Waals surface area contributed by atoms with Gasteiger partial charge in [0.1, 0.15) is 0 Å². The van der Waals surface area contributed by atoms with Crippen LogP contribution in [0, 0.1) is 6.92 Å². The molecule has 3 nitrogen and oxygen atoms in total. The summed E-state index contributed by atoms with van der Waals surface area (Å²) in [4.78, 5) is 4.23. The lowest BCUT2D eigenvalue weighted by Crippen LogP contribution is -1.95. The first-order valence-electron chi connectivity index (χ1n) is 3.98. The van der Waals surface area contributed by atoms with Crippen molar-refractivity contribution in [2.24, 2.45) is 7.05 Å². The van der Waals surface area contributed by atoms with Gasteiger partial charge >= 0.3 is 0 Å². The van der Waals surface area contributed by atoms with Gasteiger partial charge in [-0.25, -0.2) is 4.98 Å². The van der Waals surface area contributed by atoms with Gasteiger partial charge in [0.25, 0.3) is 0 Å². The Balaban J connectivity index is 2.94. The van der Waals surface area contributed by atoms with Crippen LogP contribution < -0.4 is 5.73 Å². The molecule has 0 aliphatic rings. The summed E-state index contributed by atoms with van der Waals surface area (Å²) in [5.41, 5.74) is 8.55. The Hall–Kier alpha value is -1.22. The molecular weight excluding hydrogens is 186 g/mol. The Morgan fingerprint density at radius 3 is 2.85 bits per heavy atom. The average molecular weight is 196 g/mol. The average Bonchev–Trinajstić information content (AvgIpc) is 2.38. The first kappa shape index (κ1) is 8.38. The fourth-order valence-electron chi connectivity index (χ4n) is 1.39. The van der Waals surface area contributed by atoms with Gasteiger partial charge in [0.2, 0.25) is 5.95 Å². The zero-order chi connectivity index (χ0) is 9.59. The van der Waals surface area contributed by atoms with Gasteiger partial charge < -0.3 is 10.3 Å². The lowest BCUT2D eigenvalue weighted by atomic mass is 10.2. The second kappa shape index (κ2) is 2.64. The molecule has 0 unspecified atom stereocenters. The number of hydrogen-bond donors (Lipinski definition) is 1. The molecule has 0 radical (unpaired) electrons. The van der Waals surface area contributed by atoms with Crippen LogP contribution in [0.2, 0.25) is 5.02 Å². The minimum atomic E-state index is 0.514. The van der Waals surface area contributed by atoms with E-state index in [0.29, 0.717) is 5.95 Å². The number of rotatable bonds is 0. The van der Waals surface area contributed by atoms with E-state index in [0.717, 1.165) is 21.6 Å². The zero-order valence-electron chi connectivity index (χ0n) is 7.50. The van der Waals surface area contributed by atoms with Crippen molar-refractivity contribution in [2.45, 2.75) is 6.92 Å². The standard InChI is InChI=1S/C9H10ClN3/c1-5-6(10)3-4-7-8(5)12-9(11)13(7)2/h3-4H,1-2H3,(H2,11,12). The highest BCUT2D eigenvalue weighted by Gasteiger charge is 2.08. The number of benzene rings is 1. The van der Waals surface area contributed by atoms with Gasteiger partial charge in [-0.3, -0.25) is 0 Å². The van der Waals surface area contributed by atoms with Crippen LogP contribution in [0.4, 0.5) is 5.95 Å². The topological polar surface area (TPSA) is 43.8 Å². The van der Waals surface area contributed by atoms with E-state index in [4.69, 9.17) is 17.3 Å². The molecule has 2 rings (SSSR count). The number of imidazole rings is 1. The zero-order valence-corrected chi connectivity index (χ0v) is 8.26. The molecular formula is C9H10ClN3. The molecule has 1 heterocycles. The van der Waals surface area contributed by atoms with Crippen molar-refractivity contribution >= 4 is 28.6 Å². The van der Waals surface area contributed by atoms with Crippen LogP contribution >= 0.6 is 11.6 Å². The fraction of sp³-hybridized carbons (Fsp3) is 0.222. The normalized spacial score (nSPS) is 11.0. The van der Waals surface area contributed by atoms with Gasteiger partial charge in [-0.1, -0.05) is 11.6 Å². The minimum Gasteiger partial charge on any atom is -0.369 e. The number of nitrogens with zero attached hydrogens (tertiary/aromatic N) is 2. The van der Waals surface area contributed by atoms with Gasteiger partial charge in [0, 0.05) is 12.1 Å². The van der Waals surface area contributed by atoms with E-state index in [9.17, 15) is 0 Å². The maximum atomic E-state index is 5.96. The van der Waals surface area contributed by atoms with Crippen molar-refractivity contribution in [1.29, 1.82) is 0 Å². The summed E-state index contributed by atoms with van der Waals surface area (Å²) < 4.78 is 1.85. The molecule has 0 atom stereocenters. The summed E-state index contributed by atoms with van der Waals surface area (Å²) in [5.74, 6) is 0.514. The van der Waals surface area contributed by atoms with E-state index in [1.807, 2.05) is 30.7 Å². The molecule has 2 aromatic rings. The molecule has 13 heavy (non-hydrogen) atoms. The molecule has 2 N–H and O–H groups in total. The number of aromatic nitrogens is 2. The van der Waals surface area contributed by atoms with Gasteiger partial charge in [-0.15, -0.1) is 0 Å². The smallest absolute Gasteiger partial charge is 0.200 e. The molecule has 0 aliphatic carbocycles. The SMILES string of the molecule is Cc1c(Cl)ccc2c1nc(N)n2C. The largest absolute Gasteiger partial charge is 0.369 e. The van der Waals surface area contributed by atoms with Gasteiger partial charge in [0.05, 0.1) is 11.0 Å². The summed E-state index contributed by atoms with van der Waals surface area (Å²) in [6.45, 7) is 1.94. The summed E-state index contributed by atoms with van der Waals surface area (Å²) in [7, 11) is 1.89. The summed E-state index contributed by atoms with van der Waals surface area (Å²) in [6.07, 6.45) is 0. The highest BCUT2D eigenvalue weighted by atomic mass is 35.5. The number of halogens is 1. The van der Waals surface area contributed by atoms with Crippen LogP contribution in [0.15, 0.2) is 12.1 Å². The Morgan fingerprint density at radius 2 is 2.15 bits per heavy atom. The van der Waals surface area contributed by atoms with E-state index in [2.05, 4.69) is 4.98 Å². The lowest BCUT2D eigenvalue weighted by molar-refractivity contribution is 0.965. The van der Waals surface area contributed by atoms with E-state index < -0.39 is 0 Å². The van der Waals surface area contributed by atoms with Crippen molar-refractivity contribution in [3.8, 4) is 0 Å². The van der Waals surface area contributed by atoms with Gasteiger partial charge in [-0.05, 0) is 24.6 Å². The first-order chi connectivity index (χ1) is 6.11. The van der Waals surface area contributed by atoms with Crippen LogP contribution in [0.3, 0.4) is 0 Å². The molecule has 1 aromatic heterocycles. The van der Waals surface area contributed by atoms with E-state index in [1.54, 1.807) is 0 Å². The molecule has 0 saturated heterocycles. The Kier molecular flexibility index (Phi) is 1.70. The van der Waals surface area contributed by atoms with Crippen molar-refractivity contribution in [2.75, 3.05) is 5.73 Å². The minimum absolute atomic E-state index is 0.514. The number of nitrogen functional groups attached to an aromatic ring is 1. The molecule has 0 amide bonds. The third-order valence-corrected chi connectivity index (χ3v) is 2.68. The number of fused-ring (bicyclic) bond motifs is 1. The third-order valence-electron chi connectivity index (χ3n) is 2.27. The Bertz CT molecular complexity index is 473. The predicted molar refractivity (Wildman–Crippen MR) is 54.9 cm³/mol. The predicted octanol–water partition coefficient (Wildman–Crippen LogP) is 2.12. The van der Waals surface area contributed by atoms with Gasteiger partial charge in [0.15, 0.2) is 0 Å². The maximum absolute atomic E-state index is 5.96. The van der Waals surface area contributed by atoms with Gasteiger partial charge in [-0.2, -0.15) is 0 Å². The van der Waals surface area contributed by atoms with Crippen LogP contribution in [0.1, 0.15) is 5.56 Å².